The van der Waals surface area contributed by atoms with Gasteiger partial charge in [0.15, 0.2) is 0 Å². The molecule has 0 aromatic carbocycles. The second-order valence-electron chi connectivity index (χ2n) is 5.23. The molecule has 4 atom stereocenters. The lowest BCUT2D eigenvalue weighted by molar-refractivity contribution is -0.148. The van der Waals surface area contributed by atoms with Crippen molar-refractivity contribution in [1.29, 1.82) is 0 Å². The third kappa shape index (κ3) is 2.23. The lowest BCUT2D eigenvalue weighted by Crippen LogP contribution is -2.52. The second kappa shape index (κ2) is 4.72. The quantitative estimate of drug-likeness (QED) is 0.707. The topological polar surface area (TPSA) is 41.6 Å². The fourth-order valence-electron chi connectivity index (χ4n) is 2.56. The molecule has 0 saturated carbocycles. The predicted molar refractivity (Wildman–Crippen MR) is 62.1 cm³/mol. The Bertz CT molecular complexity index is 270. The highest BCUT2D eigenvalue weighted by atomic mass is 16.5. The summed E-state index contributed by atoms with van der Waals surface area (Å²) >= 11 is 0. The van der Waals surface area contributed by atoms with Crippen molar-refractivity contribution in [3.05, 3.63) is 0 Å². The molecule has 4 heteroatoms. The van der Waals surface area contributed by atoms with Gasteiger partial charge in [0.2, 0.25) is 5.91 Å². The zero-order valence-corrected chi connectivity index (χ0v) is 10.4. The highest BCUT2D eigenvalue weighted by molar-refractivity contribution is 5.80. The molecular formula is C12H22N2O2. The van der Waals surface area contributed by atoms with Gasteiger partial charge in [0.1, 0.15) is 0 Å². The Balaban J connectivity index is 2.02. The summed E-state index contributed by atoms with van der Waals surface area (Å²) in [5.41, 5.74) is 0. The third-order valence-electron chi connectivity index (χ3n) is 3.73. The molecule has 4 nitrogen and oxygen atoms in total. The van der Waals surface area contributed by atoms with Crippen LogP contribution in [0.3, 0.4) is 0 Å². The SMILES string of the molecule is CC1CN(C(=O)[C@@H]2CNC[C@H]2C)C(C)CO1. The van der Waals surface area contributed by atoms with Crippen molar-refractivity contribution >= 4 is 5.91 Å². The molecule has 2 aliphatic heterocycles. The number of nitrogens with zero attached hydrogens (tertiary/aromatic N) is 1. The summed E-state index contributed by atoms with van der Waals surface area (Å²) in [6, 6.07) is 0.219. The van der Waals surface area contributed by atoms with E-state index in [9.17, 15) is 4.79 Å². The van der Waals surface area contributed by atoms with E-state index < -0.39 is 0 Å². The molecule has 0 aliphatic carbocycles. The van der Waals surface area contributed by atoms with E-state index in [2.05, 4.69) is 19.2 Å². The van der Waals surface area contributed by atoms with Crippen LogP contribution in [-0.2, 0) is 9.53 Å². The minimum atomic E-state index is 0.160. The average molecular weight is 226 g/mol. The van der Waals surface area contributed by atoms with Crippen LogP contribution in [0.4, 0.5) is 0 Å². The molecule has 2 heterocycles. The zero-order chi connectivity index (χ0) is 11.7. The highest BCUT2D eigenvalue weighted by Gasteiger charge is 2.36. The number of amides is 1. The minimum Gasteiger partial charge on any atom is -0.375 e. The number of hydrogen-bond acceptors (Lipinski definition) is 3. The van der Waals surface area contributed by atoms with Crippen molar-refractivity contribution in [3.8, 4) is 0 Å². The number of hydrogen-bond donors (Lipinski definition) is 1. The van der Waals surface area contributed by atoms with Crippen LogP contribution in [0, 0.1) is 11.8 Å². The van der Waals surface area contributed by atoms with Gasteiger partial charge in [0.05, 0.1) is 24.7 Å². The minimum absolute atomic E-state index is 0.160. The fraction of sp³-hybridized carbons (Fsp3) is 0.917. The number of ether oxygens (including phenoxy) is 1. The molecule has 92 valence electrons. The van der Waals surface area contributed by atoms with E-state index in [1.807, 2.05) is 11.8 Å². The summed E-state index contributed by atoms with van der Waals surface area (Å²) in [7, 11) is 0. The number of carbonyl (C=O) groups excluding carboxylic acids is 1. The molecule has 2 fully saturated rings. The fourth-order valence-corrected chi connectivity index (χ4v) is 2.56. The highest BCUT2D eigenvalue weighted by Crippen LogP contribution is 2.22. The predicted octanol–water partition coefficient (Wildman–Crippen LogP) is 0.478. The van der Waals surface area contributed by atoms with Gasteiger partial charge in [-0.25, -0.2) is 0 Å². The summed E-state index contributed by atoms with van der Waals surface area (Å²) in [6.45, 7) is 9.45. The maximum Gasteiger partial charge on any atom is 0.227 e. The average Bonchev–Trinajstić information content (AvgIpc) is 2.67. The zero-order valence-electron chi connectivity index (χ0n) is 10.4. The van der Waals surface area contributed by atoms with Crippen molar-refractivity contribution < 1.29 is 9.53 Å². The van der Waals surface area contributed by atoms with E-state index in [0.717, 1.165) is 19.6 Å². The summed E-state index contributed by atoms with van der Waals surface area (Å²) < 4.78 is 5.55. The molecule has 2 aliphatic rings. The number of morpholine rings is 1. The lowest BCUT2D eigenvalue weighted by Gasteiger charge is -2.38. The standard InChI is InChI=1S/C12H22N2O2/c1-8-4-13-5-11(8)12(15)14-6-10(3)16-7-9(14)2/h8-11,13H,4-7H2,1-3H3/t8-,9?,10?,11-/m1/s1. The Hall–Kier alpha value is -0.610. The van der Waals surface area contributed by atoms with Crippen LogP contribution in [0.15, 0.2) is 0 Å². The summed E-state index contributed by atoms with van der Waals surface area (Å²) in [5, 5.41) is 3.29. The largest absolute Gasteiger partial charge is 0.375 e. The van der Waals surface area contributed by atoms with Crippen LogP contribution in [-0.4, -0.2) is 49.2 Å². The Morgan fingerprint density at radius 1 is 1.31 bits per heavy atom. The second-order valence-corrected chi connectivity index (χ2v) is 5.23. The van der Waals surface area contributed by atoms with Gasteiger partial charge in [-0.2, -0.15) is 0 Å². The van der Waals surface area contributed by atoms with Crippen molar-refractivity contribution in [3.63, 3.8) is 0 Å². The van der Waals surface area contributed by atoms with Crippen molar-refractivity contribution in [1.82, 2.24) is 10.2 Å². The smallest absolute Gasteiger partial charge is 0.227 e. The summed E-state index contributed by atoms with van der Waals surface area (Å²) in [5.74, 6) is 0.922. The molecule has 2 saturated heterocycles. The molecule has 0 aromatic rings. The Morgan fingerprint density at radius 2 is 2.06 bits per heavy atom. The van der Waals surface area contributed by atoms with Crippen LogP contribution >= 0.6 is 0 Å². The molecule has 1 amide bonds. The van der Waals surface area contributed by atoms with Crippen LogP contribution < -0.4 is 5.32 Å². The van der Waals surface area contributed by atoms with Gasteiger partial charge < -0.3 is 15.0 Å². The lowest BCUT2D eigenvalue weighted by atomic mass is 9.95. The maximum absolute atomic E-state index is 12.4. The number of rotatable bonds is 1. The van der Waals surface area contributed by atoms with Gasteiger partial charge in [-0.3, -0.25) is 4.79 Å². The van der Waals surface area contributed by atoms with E-state index >= 15 is 0 Å². The first-order chi connectivity index (χ1) is 7.59. The van der Waals surface area contributed by atoms with Crippen LogP contribution in [0.1, 0.15) is 20.8 Å². The van der Waals surface area contributed by atoms with Gasteiger partial charge in [-0.15, -0.1) is 0 Å². The van der Waals surface area contributed by atoms with E-state index in [4.69, 9.17) is 4.74 Å². The number of carbonyl (C=O) groups is 1. The van der Waals surface area contributed by atoms with Crippen LogP contribution in [0.25, 0.3) is 0 Å². The van der Waals surface area contributed by atoms with Crippen LogP contribution in [0.5, 0.6) is 0 Å². The molecule has 1 N–H and O–H groups in total. The van der Waals surface area contributed by atoms with Gasteiger partial charge in [0, 0.05) is 13.1 Å². The molecule has 16 heavy (non-hydrogen) atoms. The molecule has 0 aromatic heterocycles. The molecule has 0 bridgehead atoms. The molecule has 2 unspecified atom stereocenters. The van der Waals surface area contributed by atoms with Gasteiger partial charge in [-0.1, -0.05) is 6.92 Å². The summed E-state index contributed by atoms with van der Waals surface area (Å²) in [6.07, 6.45) is 0.171. The van der Waals surface area contributed by atoms with Gasteiger partial charge >= 0.3 is 0 Å². The molecule has 0 radical (unpaired) electrons. The normalized spacial score (nSPS) is 40.1. The Labute approximate surface area is 97.3 Å². The summed E-state index contributed by atoms with van der Waals surface area (Å²) in [4.78, 5) is 14.4. The third-order valence-corrected chi connectivity index (χ3v) is 3.73. The first-order valence-corrected chi connectivity index (χ1v) is 6.22. The van der Waals surface area contributed by atoms with Crippen molar-refractivity contribution in [2.24, 2.45) is 11.8 Å². The van der Waals surface area contributed by atoms with E-state index in [1.165, 1.54) is 0 Å². The van der Waals surface area contributed by atoms with Gasteiger partial charge in [-0.05, 0) is 26.3 Å². The monoisotopic (exact) mass is 226 g/mol. The molecular weight excluding hydrogens is 204 g/mol. The molecule has 0 spiro atoms. The van der Waals surface area contributed by atoms with Crippen molar-refractivity contribution in [2.75, 3.05) is 26.2 Å². The van der Waals surface area contributed by atoms with E-state index in [0.29, 0.717) is 18.4 Å². The van der Waals surface area contributed by atoms with E-state index in [1.54, 1.807) is 0 Å². The van der Waals surface area contributed by atoms with E-state index in [-0.39, 0.29) is 18.1 Å². The Kier molecular flexibility index (Phi) is 3.50. The first-order valence-electron chi connectivity index (χ1n) is 6.22. The maximum atomic E-state index is 12.4. The number of nitrogens with one attached hydrogen (secondary N) is 1. The first kappa shape index (κ1) is 11.9. The molecule has 2 rings (SSSR count). The van der Waals surface area contributed by atoms with Crippen LogP contribution in [0.2, 0.25) is 0 Å². The van der Waals surface area contributed by atoms with Crippen molar-refractivity contribution in [2.45, 2.75) is 32.9 Å². The Morgan fingerprint density at radius 3 is 2.69 bits per heavy atom. The van der Waals surface area contributed by atoms with Gasteiger partial charge in [0.25, 0.3) is 0 Å².